The summed E-state index contributed by atoms with van der Waals surface area (Å²) in [6, 6.07) is 10.1. The number of hydrogen-bond acceptors (Lipinski definition) is 4. The molecule has 0 unspecified atom stereocenters. The first-order valence-electron chi connectivity index (χ1n) is 6.90. The zero-order valence-electron chi connectivity index (χ0n) is 11.4. The average Bonchev–Trinajstić information content (AvgIpc) is 3.20. The van der Waals surface area contributed by atoms with Crippen LogP contribution in [0.15, 0.2) is 30.3 Å². The molecule has 0 radical (unpaired) electrons. The van der Waals surface area contributed by atoms with E-state index < -0.39 is 0 Å². The van der Waals surface area contributed by atoms with Crippen molar-refractivity contribution >= 4 is 22.4 Å². The molecule has 1 aliphatic carbocycles. The maximum Gasteiger partial charge on any atom is 0.226 e. The first kappa shape index (κ1) is 13.2. The van der Waals surface area contributed by atoms with Crippen molar-refractivity contribution in [3.05, 3.63) is 40.9 Å². The molecule has 0 saturated heterocycles. The molecule has 1 amide bonds. The minimum atomic E-state index is -0.000139. The van der Waals surface area contributed by atoms with Crippen LogP contribution in [-0.2, 0) is 4.79 Å². The van der Waals surface area contributed by atoms with Crippen LogP contribution in [0.3, 0.4) is 0 Å². The molecule has 0 aliphatic heterocycles. The quantitative estimate of drug-likeness (QED) is 0.915. The molecule has 1 atom stereocenters. The average molecular weight is 287 g/mol. The number of carbonyl (C=O) groups is 1. The summed E-state index contributed by atoms with van der Waals surface area (Å²) in [5, 5.41) is 12.7. The molecule has 1 heterocycles. The molecule has 1 fully saturated rings. The molecule has 5 heteroatoms. The summed E-state index contributed by atoms with van der Waals surface area (Å²) in [5.74, 6) is 0.785. The first-order chi connectivity index (χ1) is 9.72. The number of anilines is 1. The maximum atomic E-state index is 12.0. The molecule has 20 heavy (non-hydrogen) atoms. The lowest BCUT2D eigenvalue weighted by Crippen LogP contribution is -2.14. The summed E-state index contributed by atoms with van der Waals surface area (Å²) in [6.45, 7) is 2.06. The highest BCUT2D eigenvalue weighted by Crippen LogP contribution is 2.42. The summed E-state index contributed by atoms with van der Waals surface area (Å²) in [4.78, 5) is 12.0. The van der Waals surface area contributed by atoms with E-state index in [9.17, 15) is 4.79 Å². The van der Waals surface area contributed by atoms with Crippen molar-refractivity contribution in [1.29, 1.82) is 0 Å². The van der Waals surface area contributed by atoms with Crippen molar-refractivity contribution in [3.63, 3.8) is 0 Å². The molecule has 4 nitrogen and oxygen atoms in total. The van der Waals surface area contributed by atoms with Crippen LogP contribution >= 0.6 is 11.3 Å². The Bertz CT molecular complexity index is 592. The SMILES string of the molecule is C[C@@H](CC(=O)Nc1nnc(C2CC2)s1)c1ccccc1. The standard InChI is InChI=1S/C15H17N3OS/c1-10(11-5-3-2-4-6-11)9-13(19)16-15-18-17-14(20-15)12-7-8-12/h2-6,10,12H,7-9H2,1H3,(H,16,18,19)/t10-/m0/s1. The van der Waals surface area contributed by atoms with Crippen LogP contribution in [0.25, 0.3) is 0 Å². The van der Waals surface area contributed by atoms with E-state index in [4.69, 9.17) is 0 Å². The molecular formula is C15H17N3OS. The second-order valence-electron chi connectivity index (χ2n) is 5.28. The summed E-state index contributed by atoms with van der Waals surface area (Å²) in [5.41, 5.74) is 1.18. The highest BCUT2D eigenvalue weighted by molar-refractivity contribution is 7.15. The van der Waals surface area contributed by atoms with E-state index in [1.807, 2.05) is 30.3 Å². The van der Waals surface area contributed by atoms with E-state index in [0.717, 1.165) is 5.01 Å². The Morgan fingerprint density at radius 3 is 2.80 bits per heavy atom. The van der Waals surface area contributed by atoms with Crippen LogP contribution in [0, 0.1) is 0 Å². The van der Waals surface area contributed by atoms with Crippen molar-refractivity contribution in [2.75, 3.05) is 5.32 Å². The second kappa shape index (κ2) is 5.71. The number of hydrogen-bond donors (Lipinski definition) is 1. The summed E-state index contributed by atoms with van der Waals surface area (Å²) < 4.78 is 0. The first-order valence-corrected chi connectivity index (χ1v) is 7.72. The molecule has 1 aliphatic rings. The number of amides is 1. The van der Waals surface area contributed by atoms with Gasteiger partial charge >= 0.3 is 0 Å². The zero-order chi connectivity index (χ0) is 13.9. The third-order valence-corrected chi connectivity index (χ3v) is 4.47. The third-order valence-electron chi connectivity index (χ3n) is 3.47. The van der Waals surface area contributed by atoms with Crippen molar-refractivity contribution in [1.82, 2.24) is 10.2 Å². The van der Waals surface area contributed by atoms with Gasteiger partial charge in [0.2, 0.25) is 11.0 Å². The van der Waals surface area contributed by atoms with Gasteiger partial charge in [0.1, 0.15) is 5.01 Å². The highest BCUT2D eigenvalue weighted by atomic mass is 32.1. The Morgan fingerprint density at radius 2 is 2.10 bits per heavy atom. The molecule has 0 spiro atoms. The lowest BCUT2D eigenvalue weighted by atomic mass is 9.98. The van der Waals surface area contributed by atoms with Crippen molar-refractivity contribution < 1.29 is 4.79 Å². The fourth-order valence-electron chi connectivity index (χ4n) is 2.13. The Kier molecular flexibility index (Phi) is 3.78. The third kappa shape index (κ3) is 3.22. The van der Waals surface area contributed by atoms with Crippen LogP contribution in [0.5, 0.6) is 0 Å². The minimum absolute atomic E-state index is 0.000139. The summed E-state index contributed by atoms with van der Waals surface area (Å²) in [7, 11) is 0. The Labute approximate surface area is 122 Å². The van der Waals surface area contributed by atoms with Crippen LogP contribution in [0.2, 0.25) is 0 Å². The number of nitrogens with zero attached hydrogens (tertiary/aromatic N) is 2. The molecule has 1 saturated carbocycles. The monoisotopic (exact) mass is 287 g/mol. The van der Waals surface area contributed by atoms with Gasteiger partial charge in [0.25, 0.3) is 0 Å². The van der Waals surface area contributed by atoms with Crippen LogP contribution in [0.4, 0.5) is 5.13 Å². The van der Waals surface area contributed by atoms with E-state index in [2.05, 4.69) is 22.4 Å². The highest BCUT2D eigenvalue weighted by Gasteiger charge is 2.27. The van der Waals surface area contributed by atoms with Gasteiger partial charge in [-0.05, 0) is 24.3 Å². The van der Waals surface area contributed by atoms with E-state index in [1.165, 1.54) is 29.7 Å². The van der Waals surface area contributed by atoms with Gasteiger partial charge in [-0.2, -0.15) is 0 Å². The molecule has 104 valence electrons. The molecule has 1 N–H and O–H groups in total. The van der Waals surface area contributed by atoms with Crippen molar-refractivity contribution in [2.45, 2.75) is 38.0 Å². The molecular weight excluding hydrogens is 270 g/mol. The van der Waals surface area contributed by atoms with Crippen LogP contribution < -0.4 is 5.32 Å². The van der Waals surface area contributed by atoms with Gasteiger partial charge in [-0.25, -0.2) is 0 Å². The Morgan fingerprint density at radius 1 is 1.35 bits per heavy atom. The van der Waals surface area contributed by atoms with E-state index in [-0.39, 0.29) is 11.8 Å². The largest absolute Gasteiger partial charge is 0.301 e. The second-order valence-corrected chi connectivity index (χ2v) is 6.29. The van der Waals surface area contributed by atoms with Gasteiger partial charge < -0.3 is 5.32 Å². The lowest BCUT2D eigenvalue weighted by Gasteiger charge is -2.10. The Hall–Kier alpha value is -1.75. The normalized spacial score (nSPS) is 15.8. The van der Waals surface area contributed by atoms with Crippen LogP contribution in [0.1, 0.15) is 48.6 Å². The Balaban J connectivity index is 1.56. The predicted molar refractivity (Wildman–Crippen MR) is 80.0 cm³/mol. The number of nitrogens with one attached hydrogen (secondary N) is 1. The number of aromatic nitrogens is 2. The van der Waals surface area contributed by atoms with Crippen molar-refractivity contribution in [3.8, 4) is 0 Å². The van der Waals surface area contributed by atoms with Crippen molar-refractivity contribution in [2.24, 2.45) is 0 Å². The summed E-state index contributed by atoms with van der Waals surface area (Å²) >= 11 is 1.50. The van der Waals surface area contributed by atoms with Gasteiger partial charge in [0.15, 0.2) is 0 Å². The van der Waals surface area contributed by atoms with E-state index in [0.29, 0.717) is 17.5 Å². The lowest BCUT2D eigenvalue weighted by molar-refractivity contribution is -0.116. The molecule has 0 bridgehead atoms. The molecule has 3 rings (SSSR count). The van der Waals surface area contributed by atoms with Gasteiger partial charge in [0.05, 0.1) is 0 Å². The minimum Gasteiger partial charge on any atom is -0.301 e. The fourth-order valence-corrected chi connectivity index (χ4v) is 3.06. The van der Waals surface area contributed by atoms with Gasteiger partial charge in [-0.3, -0.25) is 4.79 Å². The van der Waals surface area contributed by atoms with E-state index in [1.54, 1.807) is 0 Å². The summed E-state index contributed by atoms with van der Waals surface area (Å²) in [6.07, 6.45) is 2.86. The molecule has 2 aromatic rings. The van der Waals surface area contributed by atoms with Gasteiger partial charge in [0, 0.05) is 12.3 Å². The predicted octanol–water partition coefficient (Wildman–Crippen LogP) is 3.55. The number of benzene rings is 1. The van der Waals surface area contributed by atoms with Crippen LogP contribution in [-0.4, -0.2) is 16.1 Å². The topological polar surface area (TPSA) is 54.9 Å². The van der Waals surface area contributed by atoms with E-state index >= 15 is 0 Å². The zero-order valence-corrected chi connectivity index (χ0v) is 12.2. The van der Waals surface area contributed by atoms with Gasteiger partial charge in [-0.1, -0.05) is 48.6 Å². The van der Waals surface area contributed by atoms with Gasteiger partial charge in [-0.15, -0.1) is 10.2 Å². The smallest absolute Gasteiger partial charge is 0.226 e. The fraction of sp³-hybridized carbons (Fsp3) is 0.400. The molecule has 1 aromatic heterocycles. The number of rotatable bonds is 5. The molecule has 1 aromatic carbocycles. The number of carbonyl (C=O) groups excluding carboxylic acids is 1. The maximum absolute atomic E-state index is 12.0.